The largest absolute Gasteiger partial charge is 0.372 e. The summed E-state index contributed by atoms with van der Waals surface area (Å²) in [5, 5.41) is 8.77. The van der Waals surface area contributed by atoms with Crippen LogP contribution in [0.25, 0.3) is 0 Å². The summed E-state index contributed by atoms with van der Waals surface area (Å²) in [5.41, 5.74) is 2.28. The number of rotatable bonds is 2. The summed E-state index contributed by atoms with van der Waals surface area (Å²) in [6, 6.07) is 8.06. The molecule has 2 rings (SSSR count). The summed E-state index contributed by atoms with van der Waals surface area (Å²) in [7, 11) is 0. The number of benzene rings is 1. The second-order valence-corrected chi connectivity index (χ2v) is 4.71. The molecule has 16 heavy (non-hydrogen) atoms. The predicted octanol–water partition coefficient (Wildman–Crippen LogP) is 3.23. The number of nitriles is 1. The Morgan fingerprint density at radius 3 is 2.88 bits per heavy atom. The number of alkyl halides is 1. The number of halogens is 1. The zero-order valence-electron chi connectivity index (χ0n) is 9.19. The van der Waals surface area contributed by atoms with Crippen molar-refractivity contribution in [3.63, 3.8) is 0 Å². The van der Waals surface area contributed by atoms with Gasteiger partial charge in [-0.15, -0.1) is 11.6 Å². The molecule has 0 N–H and O–H groups in total. The number of nitrogens with zero attached hydrogens (tertiary/aromatic N) is 1. The summed E-state index contributed by atoms with van der Waals surface area (Å²) < 4.78 is 5.71. The third kappa shape index (κ3) is 2.24. The predicted molar refractivity (Wildman–Crippen MR) is 65.8 cm³/mol. The number of ether oxygens (including phenoxy) is 1. The van der Waals surface area contributed by atoms with Gasteiger partial charge in [0.1, 0.15) is 0 Å². The topological polar surface area (TPSA) is 33.0 Å². The van der Waals surface area contributed by atoms with Crippen molar-refractivity contribution in [3.05, 3.63) is 35.4 Å². The van der Waals surface area contributed by atoms with Gasteiger partial charge in [0.15, 0.2) is 0 Å². The monoisotopic (exact) mass is 233 g/mol. The summed E-state index contributed by atoms with van der Waals surface area (Å²) in [4.78, 5) is 0. The van der Waals surface area contributed by atoms with Crippen molar-refractivity contribution >= 4 is 18.3 Å². The molecule has 2 atom stereocenters. The molecule has 0 spiro atoms. The van der Waals surface area contributed by atoms with Gasteiger partial charge in [-0.1, -0.05) is 31.1 Å². The molecule has 2 unspecified atom stereocenters. The molecule has 0 radical (unpaired) electrons. The van der Waals surface area contributed by atoms with Crippen molar-refractivity contribution in [1.29, 1.82) is 5.26 Å². The van der Waals surface area contributed by atoms with Crippen molar-refractivity contribution in [2.75, 3.05) is 6.61 Å². The van der Waals surface area contributed by atoms with Gasteiger partial charge < -0.3 is 4.74 Å². The minimum absolute atomic E-state index is 0.00457. The Morgan fingerprint density at radius 2 is 2.19 bits per heavy atom. The van der Waals surface area contributed by atoms with Crippen LogP contribution >= 0.6 is 11.6 Å². The summed E-state index contributed by atoms with van der Waals surface area (Å²) >= 11 is 6.19. The van der Waals surface area contributed by atoms with Crippen LogP contribution in [0.5, 0.6) is 0 Å². The second kappa shape index (κ2) is 4.90. The van der Waals surface area contributed by atoms with Gasteiger partial charge in [-0.25, -0.2) is 5.26 Å². The maximum Gasteiger partial charge on any atom is 0.267 e. The molecule has 0 saturated heterocycles. The molecule has 0 aromatic heterocycles. The minimum Gasteiger partial charge on any atom is -0.372 e. The van der Waals surface area contributed by atoms with E-state index in [2.05, 4.69) is 5.97 Å². The van der Waals surface area contributed by atoms with Crippen LogP contribution in [-0.4, -0.2) is 13.3 Å². The average Bonchev–Trinajstić information content (AvgIpc) is 2.33. The van der Waals surface area contributed by atoms with E-state index in [0.717, 1.165) is 17.4 Å². The Bertz CT molecular complexity index is 418. The molecule has 0 amide bonds. The van der Waals surface area contributed by atoms with Crippen LogP contribution in [0.2, 0.25) is 13.1 Å². The molecule has 1 aromatic carbocycles. The van der Waals surface area contributed by atoms with E-state index in [-0.39, 0.29) is 18.2 Å². The van der Waals surface area contributed by atoms with Crippen molar-refractivity contribution in [2.24, 2.45) is 0 Å². The highest BCUT2D eigenvalue weighted by Crippen LogP contribution is 2.38. The van der Waals surface area contributed by atoms with Crippen LogP contribution in [0, 0.1) is 11.2 Å². The van der Waals surface area contributed by atoms with Gasteiger partial charge >= 0.3 is 0 Å². The quantitative estimate of drug-likeness (QED) is 0.580. The standard InChI is InChI=1S/C12H13BClNO/c1-13(8-15)6-12-10-5-3-2-4-9(10)11(14)7-16-12/h2-5,11-12H,6-7H2,1H3. The summed E-state index contributed by atoms with van der Waals surface area (Å²) in [6.07, 6.45) is 0.748. The van der Waals surface area contributed by atoms with Crippen LogP contribution in [0.4, 0.5) is 0 Å². The van der Waals surface area contributed by atoms with Gasteiger partial charge in [-0.3, -0.25) is 0 Å². The molecule has 0 bridgehead atoms. The molecular weight excluding hydrogens is 220 g/mol. The lowest BCUT2D eigenvalue weighted by atomic mass is 9.49. The van der Waals surface area contributed by atoms with E-state index < -0.39 is 0 Å². The lowest BCUT2D eigenvalue weighted by Gasteiger charge is -2.29. The van der Waals surface area contributed by atoms with Crippen LogP contribution in [0.15, 0.2) is 24.3 Å². The van der Waals surface area contributed by atoms with Gasteiger partial charge in [0, 0.05) is 5.97 Å². The fraction of sp³-hybridized carbons (Fsp3) is 0.417. The maximum absolute atomic E-state index is 8.83. The van der Waals surface area contributed by atoms with Crippen LogP contribution < -0.4 is 0 Å². The van der Waals surface area contributed by atoms with Crippen molar-refractivity contribution in [2.45, 2.75) is 24.6 Å². The molecule has 1 aromatic rings. The van der Waals surface area contributed by atoms with Gasteiger partial charge in [0.25, 0.3) is 6.71 Å². The fourth-order valence-corrected chi connectivity index (χ4v) is 2.31. The Morgan fingerprint density at radius 1 is 1.50 bits per heavy atom. The first kappa shape index (κ1) is 11.5. The van der Waals surface area contributed by atoms with Gasteiger partial charge in [0.2, 0.25) is 0 Å². The molecule has 0 aliphatic carbocycles. The normalized spacial score (nSPS) is 23.3. The van der Waals surface area contributed by atoms with E-state index in [0.29, 0.717) is 6.61 Å². The minimum atomic E-state index is -0.0650. The van der Waals surface area contributed by atoms with E-state index in [1.54, 1.807) is 0 Å². The first-order chi connectivity index (χ1) is 7.72. The second-order valence-electron chi connectivity index (χ2n) is 4.18. The average molecular weight is 234 g/mol. The molecule has 1 aliphatic heterocycles. The Kier molecular flexibility index (Phi) is 3.53. The highest BCUT2D eigenvalue weighted by Gasteiger charge is 2.28. The lowest BCUT2D eigenvalue weighted by Crippen LogP contribution is -2.21. The fourth-order valence-electron chi connectivity index (χ4n) is 2.04. The third-order valence-corrected chi connectivity index (χ3v) is 3.27. The zero-order chi connectivity index (χ0) is 11.5. The van der Waals surface area contributed by atoms with E-state index in [4.69, 9.17) is 21.6 Å². The van der Waals surface area contributed by atoms with Crippen LogP contribution in [0.3, 0.4) is 0 Å². The van der Waals surface area contributed by atoms with E-state index in [1.807, 2.05) is 31.1 Å². The van der Waals surface area contributed by atoms with Crippen molar-refractivity contribution in [3.8, 4) is 5.97 Å². The highest BCUT2D eigenvalue weighted by molar-refractivity contribution is 6.65. The molecule has 0 fully saturated rings. The molecule has 1 aliphatic rings. The molecule has 1 heterocycles. The van der Waals surface area contributed by atoms with E-state index >= 15 is 0 Å². The molecule has 0 saturated carbocycles. The van der Waals surface area contributed by atoms with Crippen molar-refractivity contribution in [1.82, 2.24) is 0 Å². The Labute approximate surface area is 101 Å². The van der Waals surface area contributed by atoms with Gasteiger partial charge in [0.05, 0.1) is 18.1 Å². The van der Waals surface area contributed by atoms with Gasteiger partial charge in [-0.2, -0.15) is 0 Å². The smallest absolute Gasteiger partial charge is 0.267 e. The molecule has 82 valence electrons. The van der Waals surface area contributed by atoms with Crippen LogP contribution in [-0.2, 0) is 4.74 Å². The van der Waals surface area contributed by atoms with E-state index in [1.165, 1.54) is 0 Å². The highest BCUT2D eigenvalue weighted by atomic mass is 35.5. The first-order valence-corrected chi connectivity index (χ1v) is 5.90. The molecule has 2 nitrogen and oxygen atoms in total. The summed E-state index contributed by atoms with van der Waals surface area (Å²) in [5.74, 6) is 2.24. The zero-order valence-corrected chi connectivity index (χ0v) is 9.95. The van der Waals surface area contributed by atoms with Gasteiger partial charge in [-0.05, 0) is 17.4 Å². The number of fused-ring (bicyclic) bond motifs is 1. The summed E-state index contributed by atoms with van der Waals surface area (Å²) in [6.45, 7) is 2.45. The number of hydrogen-bond donors (Lipinski definition) is 0. The Balaban J connectivity index is 2.25. The molecule has 4 heteroatoms. The Hall–Kier alpha value is -0.975. The third-order valence-electron chi connectivity index (χ3n) is 2.91. The number of hydrogen-bond acceptors (Lipinski definition) is 2. The molecular formula is C12H13BClNO. The SMILES string of the molecule is CB(C#N)CC1OCC(Cl)c2ccccc21. The van der Waals surface area contributed by atoms with Crippen LogP contribution in [0.1, 0.15) is 22.6 Å². The maximum atomic E-state index is 8.83. The van der Waals surface area contributed by atoms with E-state index in [9.17, 15) is 0 Å². The lowest BCUT2D eigenvalue weighted by molar-refractivity contribution is 0.0525. The first-order valence-electron chi connectivity index (χ1n) is 5.46. The van der Waals surface area contributed by atoms with Crippen molar-refractivity contribution < 1.29 is 4.74 Å².